The topological polar surface area (TPSA) is 38.3 Å². The van der Waals surface area contributed by atoms with Gasteiger partial charge in [0, 0.05) is 5.02 Å². The maximum Gasteiger partial charge on any atom is 0.224 e. The largest absolute Gasteiger partial charge is 0.491 e. The fourth-order valence-electron chi connectivity index (χ4n) is 1.97. The molecule has 110 valence electrons. The minimum Gasteiger partial charge on any atom is -0.491 e. The number of carbonyl (C=O) groups is 1. The summed E-state index contributed by atoms with van der Waals surface area (Å²) in [4.78, 5) is 11.8. The second kappa shape index (κ2) is 7.70. The summed E-state index contributed by atoms with van der Waals surface area (Å²) >= 11 is 5.88. The molecule has 0 aliphatic carbocycles. The van der Waals surface area contributed by atoms with Gasteiger partial charge in [0.15, 0.2) is 0 Å². The van der Waals surface area contributed by atoms with E-state index in [0.29, 0.717) is 24.6 Å². The van der Waals surface area contributed by atoms with E-state index in [4.69, 9.17) is 16.3 Å². The summed E-state index contributed by atoms with van der Waals surface area (Å²) in [6, 6.07) is 15.1. The number of ether oxygens (including phenoxy) is 1. The quantitative estimate of drug-likeness (QED) is 0.831. The predicted molar refractivity (Wildman–Crippen MR) is 84.8 cm³/mol. The van der Waals surface area contributed by atoms with Crippen LogP contribution in [0.15, 0.2) is 48.5 Å². The molecule has 0 aromatic heterocycles. The Labute approximate surface area is 129 Å². The van der Waals surface area contributed by atoms with Crippen LogP contribution in [-0.2, 0) is 11.2 Å². The van der Waals surface area contributed by atoms with Crippen LogP contribution >= 0.6 is 11.6 Å². The third-order valence-electron chi connectivity index (χ3n) is 3.03. The van der Waals surface area contributed by atoms with E-state index in [-0.39, 0.29) is 5.91 Å². The Kier molecular flexibility index (Phi) is 5.64. The molecule has 1 N–H and O–H groups in total. The van der Waals surface area contributed by atoms with Crippen LogP contribution in [0.4, 0.5) is 0 Å². The van der Waals surface area contributed by atoms with Crippen molar-refractivity contribution in [2.75, 3.05) is 13.2 Å². The van der Waals surface area contributed by atoms with Crippen LogP contribution in [0, 0.1) is 6.92 Å². The lowest BCUT2D eigenvalue weighted by Crippen LogP contribution is -2.29. The molecule has 4 heteroatoms. The summed E-state index contributed by atoms with van der Waals surface area (Å²) in [7, 11) is 0. The fourth-order valence-corrected chi connectivity index (χ4v) is 2.20. The Morgan fingerprint density at radius 1 is 1.19 bits per heavy atom. The van der Waals surface area contributed by atoms with Gasteiger partial charge in [-0.05, 0) is 36.2 Å². The van der Waals surface area contributed by atoms with E-state index in [2.05, 4.69) is 5.32 Å². The van der Waals surface area contributed by atoms with Gasteiger partial charge in [-0.3, -0.25) is 4.79 Å². The summed E-state index contributed by atoms with van der Waals surface area (Å²) in [5.41, 5.74) is 1.99. The summed E-state index contributed by atoms with van der Waals surface area (Å²) in [6.07, 6.45) is 0.390. The molecular weight excluding hydrogens is 286 g/mol. The van der Waals surface area contributed by atoms with Gasteiger partial charge in [-0.2, -0.15) is 0 Å². The molecule has 2 aromatic rings. The molecule has 0 aliphatic rings. The Bertz CT molecular complexity index is 599. The minimum absolute atomic E-state index is 0.00220. The van der Waals surface area contributed by atoms with E-state index >= 15 is 0 Å². The summed E-state index contributed by atoms with van der Waals surface area (Å²) in [5, 5.41) is 3.53. The van der Waals surface area contributed by atoms with Gasteiger partial charge in [-0.1, -0.05) is 41.9 Å². The van der Waals surface area contributed by atoms with Gasteiger partial charge < -0.3 is 10.1 Å². The lowest BCUT2D eigenvalue weighted by Gasteiger charge is -2.10. The number of benzene rings is 2. The van der Waals surface area contributed by atoms with Crippen LogP contribution in [0.2, 0.25) is 5.02 Å². The molecule has 2 aromatic carbocycles. The molecule has 0 saturated heterocycles. The van der Waals surface area contributed by atoms with Crippen molar-refractivity contribution in [3.05, 3.63) is 64.7 Å². The summed E-state index contributed by atoms with van der Waals surface area (Å²) < 4.78 is 5.62. The lowest BCUT2D eigenvalue weighted by molar-refractivity contribution is -0.120. The normalized spacial score (nSPS) is 10.2. The van der Waals surface area contributed by atoms with Crippen LogP contribution < -0.4 is 10.1 Å². The zero-order valence-corrected chi connectivity index (χ0v) is 12.7. The van der Waals surface area contributed by atoms with Gasteiger partial charge in [-0.25, -0.2) is 0 Å². The van der Waals surface area contributed by atoms with Crippen LogP contribution in [0.25, 0.3) is 0 Å². The molecule has 0 aliphatic heterocycles. The van der Waals surface area contributed by atoms with Crippen molar-refractivity contribution in [3.63, 3.8) is 0 Å². The minimum atomic E-state index is -0.00220. The molecule has 0 bridgehead atoms. The Morgan fingerprint density at radius 2 is 1.95 bits per heavy atom. The van der Waals surface area contributed by atoms with Gasteiger partial charge in [0.25, 0.3) is 0 Å². The summed E-state index contributed by atoms with van der Waals surface area (Å²) in [5.74, 6) is 0.786. The number of hydrogen-bond acceptors (Lipinski definition) is 2. The van der Waals surface area contributed by atoms with Crippen LogP contribution in [0.5, 0.6) is 5.75 Å². The number of aryl methyl sites for hydroxylation is 1. The maximum absolute atomic E-state index is 11.8. The second-order valence-electron chi connectivity index (χ2n) is 4.77. The van der Waals surface area contributed by atoms with Gasteiger partial charge in [0.05, 0.1) is 13.0 Å². The third-order valence-corrected chi connectivity index (χ3v) is 3.26. The van der Waals surface area contributed by atoms with Crippen molar-refractivity contribution >= 4 is 17.5 Å². The lowest BCUT2D eigenvalue weighted by atomic mass is 10.1. The van der Waals surface area contributed by atoms with Crippen molar-refractivity contribution in [2.45, 2.75) is 13.3 Å². The van der Waals surface area contributed by atoms with E-state index in [0.717, 1.165) is 16.9 Å². The van der Waals surface area contributed by atoms with Crippen LogP contribution in [-0.4, -0.2) is 19.1 Å². The van der Waals surface area contributed by atoms with E-state index in [1.165, 1.54) is 0 Å². The van der Waals surface area contributed by atoms with Crippen molar-refractivity contribution in [1.82, 2.24) is 5.32 Å². The Morgan fingerprint density at radius 3 is 2.67 bits per heavy atom. The van der Waals surface area contributed by atoms with Gasteiger partial charge in [0.1, 0.15) is 12.4 Å². The number of halogens is 1. The molecular formula is C17H18ClNO2. The van der Waals surface area contributed by atoms with Crippen molar-refractivity contribution in [1.29, 1.82) is 0 Å². The molecule has 1 amide bonds. The zero-order chi connectivity index (χ0) is 15.1. The molecule has 0 fully saturated rings. The van der Waals surface area contributed by atoms with Crippen molar-refractivity contribution < 1.29 is 9.53 Å². The van der Waals surface area contributed by atoms with Gasteiger partial charge in [-0.15, -0.1) is 0 Å². The molecule has 0 spiro atoms. The van der Waals surface area contributed by atoms with Gasteiger partial charge in [0.2, 0.25) is 5.91 Å². The third kappa shape index (κ3) is 5.12. The zero-order valence-electron chi connectivity index (χ0n) is 11.9. The standard InChI is InChI=1S/C17H18ClNO2/c1-13-11-15(18)7-8-16(13)21-10-9-19-17(20)12-14-5-3-2-4-6-14/h2-8,11H,9-10,12H2,1H3,(H,19,20). The molecule has 0 radical (unpaired) electrons. The molecule has 3 nitrogen and oxygen atoms in total. The highest BCUT2D eigenvalue weighted by Gasteiger charge is 2.03. The first-order valence-electron chi connectivity index (χ1n) is 6.85. The number of rotatable bonds is 6. The average molecular weight is 304 g/mol. The smallest absolute Gasteiger partial charge is 0.224 e. The SMILES string of the molecule is Cc1cc(Cl)ccc1OCCNC(=O)Cc1ccccc1. The molecule has 0 heterocycles. The number of carbonyl (C=O) groups excluding carboxylic acids is 1. The van der Waals surface area contributed by atoms with Gasteiger partial charge >= 0.3 is 0 Å². The first-order valence-corrected chi connectivity index (χ1v) is 7.22. The number of nitrogens with one attached hydrogen (secondary N) is 1. The Hall–Kier alpha value is -2.00. The number of hydrogen-bond donors (Lipinski definition) is 1. The highest BCUT2D eigenvalue weighted by atomic mass is 35.5. The molecule has 0 unspecified atom stereocenters. The first-order chi connectivity index (χ1) is 10.1. The highest BCUT2D eigenvalue weighted by Crippen LogP contribution is 2.21. The van der Waals surface area contributed by atoms with E-state index in [9.17, 15) is 4.79 Å². The van der Waals surface area contributed by atoms with Crippen molar-refractivity contribution in [3.8, 4) is 5.75 Å². The van der Waals surface area contributed by atoms with Crippen LogP contribution in [0.1, 0.15) is 11.1 Å². The highest BCUT2D eigenvalue weighted by molar-refractivity contribution is 6.30. The summed E-state index contributed by atoms with van der Waals surface area (Å²) in [6.45, 7) is 2.85. The molecule has 2 rings (SSSR count). The maximum atomic E-state index is 11.8. The number of amides is 1. The first kappa shape index (κ1) is 15.4. The van der Waals surface area contributed by atoms with Crippen molar-refractivity contribution in [2.24, 2.45) is 0 Å². The second-order valence-corrected chi connectivity index (χ2v) is 5.21. The molecule has 0 atom stereocenters. The molecule has 21 heavy (non-hydrogen) atoms. The average Bonchev–Trinajstić information content (AvgIpc) is 2.46. The van der Waals surface area contributed by atoms with E-state index in [1.54, 1.807) is 6.07 Å². The van der Waals surface area contributed by atoms with E-state index < -0.39 is 0 Å². The molecule has 0 saturated carbocycles. The Balaban J connectivity index is 1.71. The fraction of sp³-hybridized carbons (Fsp3) is 0.235. The van der Waals surface area contributed by atoms with E-state index in [1.807, 2.05) is 49.4 Å². The van der Waals surface area contributed by atoms with Crippen LogP contribution in [0.3, 0.4) is 0 Å². The monoisotopic (exact) mass is 303 g/mol. The predicted octanol–water partition coefficient (Wildman–Crippen LogP) is 3.39.